The van der Waals surface area contributed by atoms with Gasteiger partial charge in [0.15, 0.2) is 0 Å². The number of rotatable bonds is 5. The van der Waals surface area contributed by atoms with Crippen molar-refractivity contribution in [3.63, 3.8) is 0 Å². The Labute approximate surface area is 488 Å². The van der Waals surface area contributed by atoms with E-state index in [0.29, 0.717) is 0 Å². The normalized spacial score (nSPS) is 15.4. The maximum atomic E-state index is 2.69. The molecule has 18 rings (SSSR count). The summed E-state index contributed by atoms with van der Waals surface area (Å²) < 4.78 is 0. The molecule has 1 spiro atoms. The average molecular weight is 1090 g/mol. The number of fused-ring (bicyclic) bond motifs is 22. The van der Waals surface area contributed by atoms with E-state index >= 15 is 0 Å². The third kappa shape index (κ3) is 5.99. The Kier molecular flexibility index (Phi) is 9.57. The predicted octanol–water partition coefficient (Wildman–Crippen LogP) is 15.2. The molecule has 0 aromatic heterocycles. The maximum absolute atomic E-state index is 2.69. The summed E-state index contributed by atoms with van der Waals surface area (Å²) >= 11 is 0. The topological polar surface area (TPSA) is 9.72 Å². The molecule has 4 heterocycles. The van der Waals surface area contributed by atoms with Crippen LogP contribution in [0.1, 0.15) is 22.3 Å². The Bertz CT molecular complexity index is 4740. The van der Waals surface area contributed by atoms with Crippen LogP contribution >= 0.6 is 0 Å². The first kappa shape index (κ1) is 47.2. The van der Waals surface area contributed by atoms with Crippen LogP contribution in [0.2, 0.25) is 26.2 Å². The van der Waals surface area contributed by atoms with Gasteiger partial charge in [0.25, 0.3) is 6.71 Å². The van der Waals surface area contributed by atoms with E-state index in [4.69, 9.17) is 0 Å². The van der Waals surface area contributed by atoms with Crippen LogP contribution in [0, 0.1) is 0 Å². The van der Waals surface area contributed by atoms with E-state index < -0.39 is 21.6 Å². The van der Waals surface area contributed by atoms with Crippen LogP contribution < -0.4 is 51.8 Å². The number of anilines is 9. The van der Waals surface area contributed by atoms with Crippen molar-refractivity contribution in [3.8, 4) is 44.5 Å². The minimum absolute atomic E-state index is 0.121. The van der Waals surface area contributed by atoms with Crippen molar-refractivity contribution < 1.29 is 0 Å². The molecule has 0 N–H and O–H groups in total. The fraction of sp³-hybridized carbons (Fsp3) is 0.0649. The standard InChI is InChI=1S/C77H56BN3Si2/c1-82(2)67-40-22-17-34-56(67)72-64(39-24-42-69(72)82)79(49-25-8-5-9-26-49)52-47-65-74-66(48-52)81(51-29-12-7-13-30-51)76-63(45-46-70-73(76)57-35-18-23-41-68(57)83(70,3)4)78(74)62-44-43-61-71(75(62)80(65)50-27-10-6-11-28-50)55-33-16-21-38-60(55)77(61)58-36-19-14-31-53(58)54-32-15-20-37-59(54)77/h5-48H,1-4H3. The van der Waals surface area contributed by atoms with Gasteiger partial charge in [-0.3, -0.25) is 0 Å². The SMILES string of the molecule is C[Si]1(C)c2ccccc2-c2c(N(c3ccccc3)c3cc4c5c(c3)N(c3ccccc3)c3c(ccc6c3-c3ccccc3[Si]6(C)C)B5c3ccc5c(c3N4c3ccccc3)-c3ccccc3C53c4ccccc4-c4ccccc43)cccc21. The molecule has 0 radical (unpaired) electrons. The minimum atomic E-state index is -2.16. The molecule has 0 amide bonds. The molecule has 0 saturated carbocycles. The molecule has 0 unspecified atom stereocenters. The molecule has 0 atom stereocenters. The molecule has 0 saturated heterocycles. The van der Waals surface area contributed by atoms with Gasteiger partial charge in [0.1, 0.15) is 16.1 Å². The number of hydrogen-bond donors (Lipinski definition) is 0. The van der Waals surface area contributed by atoms with Crippen LogP contribution in [0.5, 0.6) is 0 Å². The summed E-state index contributed by atoms with van der Waals surface area (Å²) in [5.74, 6) is 0. The summed E-state index contributed by atoms with van der Waals surface area (Å²) in [5.41, 5.74) is 30.2. The van der Waals surface area contributed by atoms with E-state index in [1.807, 2.05) is 0 Å². The van der Waals surface area contributed by atoms with E-state index in [1.54, 1.807) is 0 Å². The van der Waals surface area contributed by atoms with E-state index in [0.717, 1.165) is 22.7 Å². The van der Waals surface area contributed by atoms with Crippen LogP contribution in [-0.4, -0.2) is 22.9 Å². The highest BCUT2D eigenvalue weighted by atomic mass is 28.3. The number of benzene rings is 12. The lowest BCUT2D eigenvalue weighted by molar-refractivity contribution is 0.794. The zero-order valence-corrected chi connectivity index (χ0v) is 48.8. The fourth-order valence-corrected chi connectivity index (χ4v) is 22.8. The van der Waals surface area contributed by atoms with E-state index in [-0.39, 0.29) is 6.71 Å². The first-order chi connectivity index (χ1) is 40.8. The van der Waals surface area contributed by atoms with Gasteiger partial charge in [-0.1, -0.05) is 239 Å². The van der Waals surface area contributed by atoms with Gasteiger partial charge in [0.2, 0.25) is 0 Å². The van der Waals surface area contributed by atoms with Crippen molar-refractivity contribution in [2.45, 2.75) is 31.6 Å². The molecule has 4 aliphatic heterocycles. The van der Waals surface area contributed by atoms with Gasteiger partial charge in [-0.15, -0.1) is 0 Å². The highest BCUT2D eigenvalue weighted by Gasteiger charge is 2.55. The zero-order chi connectivity index (χ0) is 55.1. The Morgan fingerprint density at radius 1 is 0.337 bits per heavy atom. The minimum Gasteiger partial charge on any atom is -0.311 e. The largest absolute Gasteiger partial charge is 0.311 e. The van der Waals surface area contributed by atoms with Crippen LogP contribution in [0.4, 0.5) is 51.2 Å². The van der Waals surface area contributed by atoms with E-state index in [1.165, 1.54) is 132 Å². The highest BCUT2D eigenvalue weighted by Crippen LogP contribution is 2.65. The fourth-order valence-electron chi connectivity index (χ4n) is 16.7. The summed E-state index contributed by atoms with van der Waals surface area (Å²) in [4.78, 5) is 7.97. The van der Waals surface area contributed by atoms with Crippen LogP contribution in [0.3, 0.4) is 0 Å². The van der Waals surface area contributed by atoms with Crippen molar-refractivity contribution in [1.29, 1.82) is 0 Å². The molecule has 83 heavy (non-hydrogen) atoms. The lowest BCUT2D eigenvalue weighted by atomic mass is 9.33. The summed E-state index contributed by atoms with van der Waals surface area (Å²) in [7, 11) is -4.24. The second-order valence-corrected chi connectivity index (χ2v) is 33.3. The van der Waals surface area contributed by atoms with Crippen LogP contribution in [-0.2, 0) is 5.41 Å². The second-order valence-electron chi connectivity index (χ2n) is 24.6. The maximum Gasteiger partial charge on any atom is 0.252 e. The van der Waals surface area contributed by atoms with Gasteiger partial charge in [-0.25, -0.2) is 0 Å². The third-order valence-corrected chi connectivity index (χ3v) is 27.1. The zero-order valence-electron chi connectivity index (χ0n) is 46.8. The summed E-state index contributed by atoms with van der Waals surface area (Å²) in [6.45, 7) is 10.1. The van der Waals surface area contributed by atoms with Crippen molar-refractivity contribution in [2.75, 3.05) is 14.7 Å². The summed E-state index contributed by atoms with van der Waals surface area (Å²) in [5, 5.41) is 5.99. The molecule has 12 aromatic carbocycles. The van der Waals surface area contributed by atoms with Gasteiger partial charge in [0, 0.05) is 56.5 Å². The van der Waals surface area contributed by atoms with Crippen LogP contribution in [0.15, 0.2) is 267 Å². The summed E-state index contributed by atoms with van der Waals surface area (Å²) in [6, 6.07) is 103. The first-order valence-corrected chi connectivity index (χ1v) is 35.5. The van der Waals surface area contributed by atoms with Crippen molar-refractivity contribution in [2.24, 2.45) is 0 Å². The van der Waals surface area contributed by atoms with Crippen molar-refractivity contribution >= 4 is 111 Å². The second kappa shape index (κ2) is 16.8. The number of hydrogen-bond acceptors (Lipinski definition) is 3. The molecule has 0 bridgehead atoms. The van der Waals surface area contributed by atoms with Gasteiger partial charge in [-0.2, -0.15) is 0 Å². The number of para-hydroxylation sites is 3. The Balaban J connectivity index is 1.02. The van der Waals surface area contributed by atoms with Crippen molar-refractivity contribution in [1.82, 2.24) is 0 Å². The van der Waals surface area contributed by atoms with Gasteiger partial charge in [-0.05, 0) is 142 Å². The van der Waals surface area contributed by atoms with Gasteiger partial charge < -0.3 is 14.7 Å². The molecule has 6 aliphatic rings. The highest BCUT2D eigenvalue weighted by molar-refractivity contribution is 7.05. The third-order valence-electron chi connectivity index (χ3n) is 20.0. The molecular formula is C77H56BN3Si2. The quantitative estimate of drug-likeness (QED) is 0.159. The molecule has 6 heteroatoms. The summed E-state index contributed by atoms with van der Waals surface area (Å²) in [6.07, 6.45) is 0. The molecule has 390 valence electrons. The molecule has 0 fully saturated rings. The number of nitrogens with zero attached hydrogens (tertiary/aromatic N) is 3. The monoisotopic (exact) mass is 1090 g/mol. The smallest absolute Gasteiger partial charge is 0.252 e. The van der Waals surface area contributed by atoms with E-state index in [9.17, 15) is 0 Å². The molecule has 2 aliphatic carbocycles. The lowest BCUT2D eigenvalue weighted by Crippen LogP contribution is -2.62. The van der Waals surface area contributed by atoms with E-state index in [2.05, 4.69) is 308 Å². The van der Waals surface area contributed by atoms with Crippen LogP contribution in [0.25, 0.3) is 44.5 Å². The molecular weight excluding hydrogens is 1030 g/mol. The average Bonchev–Trinajstić information content (AvgIpc) is 1.73. The molecule has 12 aromatic rings. The first-order valence-electron chi connectivity index (χ1n) is 29.5. The Morgan fingerprint density at radius 3 is 1.35 bits per heavy atom. The lowest BCUT2D eigenvalue weighted by Gasteiger charge is -2.46. The Hall–Kier alpha value is -9.46. The Morgan fingerprint density at radius 2 is 0.771 bits per heavy atom. The molecule has 3 nitrogen and oxygen atoms in total. The predicted molar refractivity (Wildman–Crippen MR) is 356 cm³/mol. The van der Waals surface area contributed by atoms with Gasteiger partial charge in [0.05, 0.1) is 16.8 Å². The van der Waals surface area contributed by atoms with Gasteiger partial charge >= 0.3 is 0 Å². The van der Waals surface area contributed by atoms with Crippen molar-refractivity contribution in [3.05, 3.63) is 289 Å².